The maximum Gasteiger partial charge on any atom is 0.232 e. The number of thioether (sulfide) groups is 1. The predicted molar refractivity (Wildman–Crippen MR) is 93.3 cm³/mol. The molecular formula is C16H21N5O2S. The Balaban J connectivity index is 2.14. The highest BCUT2D eigenvalue weighted by atomic mass is 32.2. The molecule has 0 saturated heterocycles. The monoisotopic (exact) mass is 347 g/mol. The fourth-order valence-corrected chi connectivity index (χ4v) is 3.74. The van der Waals surface area contributed by atoms with Crippen LogP contribution in [0, 0.1) is 0 Å². The van der Waals surface area contributed by atoms with E-state index in [2.05, 4.69) is 20.3 Å². The van der Waals surface area contributed by atoms with Gasteiger partial charge in [0.2, 0.25) is 11.6 Å². The summed E-state index contributed by atoms with van der Waals surface area (Å²) in [6.07, 6.45) is 0. The van der Waals surface area contributed by atoms with Gasteiger partial charge in [0.05, 0.1) is 12.9 Å². The van der Waals surface area contributed by atoms with Crippen molar-refractivity contribution in [1.82, 2.24) is 14.5 Å². The zero-order valence-corrected chi connectivity index (χ0v) is 14.8. The standard InChI is InChI=1S/C16H21N5O2S/c1-4-17-13-19-14(18-5-2)21-15(20-13)24-10-16(21,22)11-6-8-12(23-3)9-7-11/h6-9,22H,4-5,10H2,1-3H3,(H,17,18,19). The zero-order valence-electron chi connectivity index (χ0n) is 14.0. The number of benzene rings is 1. The van der Waals surface area contributed by atoms with E-state index in [1.165, 1.54) is 11.8 Å². The van der Waals surface area contributed by atoms with Crippen LogP contribution in [0.4, 0.5) is 5.95 Å². The fraction of sp³-hybridized carbons (Fsp3) is 0.438. The summed E-state index contributed by atoms with van der Waals surface area (Å²) in [6, 6.07) is 7.38. The largest absolute Gasteiger partial charge is 0.497 e. The molecule has 0 saturated carbocycles. The van der Waals surface area contributed by atoms with Crippen molar-refractivity contribution in [2.45, 2.75) is 24.7 Å². The predicted octanol–water partition coefficient (Wildman–Crippen LogP) is 1.44. The molecule has 2 N–H and O–H groups in total. The number of nitrogens with one attached hydrogen (secondary N) is 1. The van der Waals surface area contributed by atoms with Crippen molar-refractivity contribution in [3.8, 4) is 5.75 Å². The second-order valence-electron chi connectivity index (χ2n) is 5.30. The van der Waals surface area contributed by atoms with Crippen LogP contribution in [0.5, 0.6) is 5.75 Å². The zero-order chi connectivity index (χ0) is 17.2. The minimum atomic E-state index is -1.23. The molecule has 1 unspecified atom stereocenters. The molecule has 2 heterocycles. The first kappa shape index (κ1) is 16.8. The molecule has 0 aliphatic carbocycles. The summed E-state index contributed by atoms with van der Waals surface area (Å²) in [5.41, 5.74) is -0.000880. The molecule has 7 nitrogen and oxygen atoms in total. The summed E-state index contributed by atoms with van der Waals surface area (Å²) in [5, 5.41) is 15.2. The van der Waals surface area contributed by atoms with E-state index >= 15 is 0 Å². The normalized spacial score (nSPS) is 20.1. The van der Waals surface area contributed by atoms with Crippen molar-refractivity contribution >= 4 is 17.7 Å². The van der Waals surface area contributed by atoms with Crippen molar-refractivity contribution in [3.05, 3.63) is 35.4 Å². The summed E-state index contributed by atoms with van der Waals surface area (Å²) < 4.78 is 6.91. The van der Waals surface area contributed by atoms with Crippen molar-refractivity contribution < 1.29 is 9.84 Å². The molecule has 128 valence electrons. The van der Waals surface area contributed by atoms with Gasteiger partial charge in [-0.15, -0.1) is 0 Å². The van der Waals surface area contributed by atoms with Gasteiger partial charge in [-0.25, -0.2) is 0 Å². The van der Waals surface area contributed by atoms with Crippen LogP contribution in [0.3, 0.4) is 0 Å². The van der Waals surface area contributed by atoms with E-state index in [-0.39, 0.29) is 0 Å². The summed E-state index contributed by atoms with van der Waals surface area (Å²) in [6.45, 7) is 5.23. The summed E-state index contributed by atoms with van der Waals surface area (Å²) in [5.74, 6) is 1.73. The molecular weight excluding hydrogens is 326 g/mol. The van der Waals surface area contributed by atoms with E-state index in [4.69, 9.17) is 4.74 Å². The lowest BCUT2D eigenvalue weighted by molar-refractivity contribution is 0.0211. The van der Waals surface area contributed by atoms with Gasteiger partial charge in [-0.2, -0.15) is 9.97 Å². The number of nitrogens with zero attached hydrogens (tertiary/aromatic N) is 4. The van der Waals surface area contributed by atoms with Crippen molar-refractivity contribution in [3.63, 3.8) is 0 Å². The molecule has 0 spiro atoms. The van der Waals surface area contributed by atoms with Gasteiger partial charge < -0.3 is 15.2 Å². The molecule has 1 atom stereocenters. The molecule has 1 aromatic carbocycles. The third-order valence-corrected chi connectivity index (χ3v) is 4.84. The summed E-state index contributed by atoms with van der Waals surface area (Å²) in [4.78, 5) is 13.4. The van der Waals surface area contributed by atoms with Crippen molar-refractivity contribution in [2.24, 2.45) is 4.99 Å². The Bertz CT molecular complexity index is 790. The molecule has 1 aliphatic heterocycles. The molecule has 0 fully saturated rings. The molecule has 0 radical (unpaired) electrons. The summed E-state index contributed by atoms with van der Waals surface area (Å²) >= 11 is 1.49. The minimum Gasteiger partial charge on any atom is -0.497 e. The van der Waals surface area contributed by atoms with Gasteiger partial charge in [0, 0.05) is 18.7 Å². The summed E-state index contributed by atoms with van der Waals surface area (Å²) in [7, 11) is 1.62. The Morgan fingerprint density at radius 2 is 2.08 bits per heavy atom. The number of anilines is 1. The minimum absolute atomic E-state index is 0.454. The molecule has 1 aliphatic rings. The number of hydrogen-bond acceptors (Lipinski definition) is 7. The number of ether oxygens (including phenoxy) is 1. The van der Waals surface area contributed by atoms with E-state index in [1.807, 2.05) is 38.1 Å². The van der Waals surface area contributed by atoms with E-state index in [1.54, 1.807) is 11.7 Å². The first-order valence-electron chi connectivity index (χ1n) is 7.88. The van der Waals surface area contributed by atoms with Crippen LogP contribution in [0.1, 0.15) is 19.4 Å². The van der Waals surface area contributed by atoms with Gasteiger partial charge in [-0.05, 0) is 26.0 Å². The number of fused-ring (bicyclic) bond motifs is 1. The second-order valence-corrected chi connectivity index (χ2v) is 6.25. The molecule has 24 heavy (non-hydrogen) atoms. The lowest BCUT2D eigenvalue weighted by atomic mass is 10.0. The quantitative estimate of drug-likeness (QED) is 0.851. The van der Waals surface area contributed by atoms with Gasteiger partial charge >= 0.3 is 0 Å². The lowest BCUT2D eigenvalue weighted by Crippen LogP contribution is -2.43. The van der Waals surface area contributed by atoms with Crippen LogP contribution in [0.15, 0.2) is 34.4 Å². The van der Waals surface area contributed by atoms with Crippen molar-refractivity contribution in [2.75, 3.05) is 31.3 Å². The second kappa shape index (κ2) is 6.82. The van der Waals surface area contributed by atoms with Crippen LogP contribution in [-0.4, -0.2) is 45.6 Å². The number of aliphatic hydroxyl groups is 1. The van der Waals surface area contributed by atoms with Gasteiger partial charge in [-0.3, -0.25) is 9.56 Å². The highest BCUT2D eigenvalue weighted by Crippen LogP contribution is 2.38. The Morgan fingerprint density at radius 1 is 1.33 bits per heavy atom. The van der Waals surface area contributed by atoms with E-state index in [0.29, 0.717) is 29.0 Å². The fourth-order valence-electron chi connectivity index (χ4n) is 2.60. The maximum absolute atomic E-state index is 11.3. The number of rotatable bonds is 5. The van der Waals surface area contributed by atoms with E-state index in [0.717, 1.165) is 17.9 Å². The molecule has 0 bridgehead atoms. The van der Waals surface area contributed by atoms with Crippen LogP contribution in [0.2, 0.25) is 0 Å². The van der Waals surface area contributed by atoms with Gasteiger partial charge in [-0.1, -0.05) is 23.9 Å². The highest BCUT2D eigenvalue weighted by Gasteiger charge is 2.40. The van der Waals surface area contributed by atoms with Crippen LogP contribution in [-0.2, 0) is 5.72 Å². The average Bonchev–Trinajstić information content (AvgIpc) is 2.94. The highest BCUT2D eigenvalue weighted by molar-refractivity contribution is 7.99. The smallest absolute Gasteiger partial charge is 0.232 e. The molecule has 0 amide bonds. The maximum atomic E-state index is 11.3. The van der Waals surface area contributed by atoms with Gasteiger partial charge in [0.15, 0.2) is 10.9 Å². The molecule has 3 rings (SSSR count). The van der Waals surface area contributed by atoms with E-state index < -0.39 is 5.72 Å². The third-order valence-electron chi connectivity index (χ3n) is 3.76. The Kier molecular flexibility index (Phi) is 4.77. The third kappa shape index (κ3) is 2.87. The Hall–Kier alpha value is -2.06. The van der Waals surface area contributed by atoms with Gasteiger partial charge in [0.1, 0.15) is 5.75 Å². The molecule has 8 heteroatoms. The lowest BCUT2D eigenvalue weighted by Gasteiger charge is -2.26. The average molecular weight is 347 g/mol. The first-order chi connectivity index (χ1) is 11.6. The Labute approximate surface area is 144 Å². The number of methoxy groups -OCH3 is 1. The molecule has 2 aromatic rings. The van der Waals surface area contributed by atoms with Crippen LogP contribution >= 0.6 is 11.8 Å². The Morgan fingerprint density at radius 3 is 2.71 bits per heavy atom. The molecule has 1 aromatic heterocycles. The first-order valence-corrected chi connectivity index (χ1v) is 8.86. The van der Waals surface area contributed by atoms with Crippen molar-refractivity contribution in [1.29, 1.82) is 0 Å². The van der Waals surface area contributed by atoms with Crippen LogP contribution < -0.4 is 15.7 Å². The number of aromatic nitrogens is 3. The topological polar surface area (TPSA) is 84.6 Å². The van der Waals surface area contributed by atoms with Gasteiger partial charge in [0.25, 0.3) is 0 Å². The SMILES string of the molecule is CCN=c1nc(NCC)nc2n1C(O)(c1ccc(OC)cc1)CS2. The van der Waals surface area contributed by atoms with Crippen LogP contribution in [0.25, 0.3) is 0 Å². The van der Waals surface area contributed by atoms with E-state index in [9.17, 15) is 5.11 Å². The number of hydrogen-bond donors (Lipinski definition) is 2.